The van der Waals surface area contributed by atoms with Gasteiger partial charge in [-0.1, -0.05) is 35.3 Å². The molecule has 2 aromatic rings. The minimum atomic E-state index is -0.694. The highest BCUT2D eigenvalue weighted by atomic mass is 35.5. The van der Waals surface area contributed by atoms with E-state index in [9.17, 15) is 9.59 Å². The third-order valence-corrected chi connectivity index (χ3v) is 4.61. The molecule has 1 atom stereocenters. The van der Waals surface area contributed by atoms with Crippen LogP contribution in [0.5, 0.6) is 5.75 Å². The van der Waals surface area contributed by atoms with Crippen molar-refractivity contribution in [1.29, 1.82) is 0 Å². The molecule has 1 heterocycles. The Bertz CT molecular complexity index is 823. The van der Waals surface area contributed by atoms with Crippen LogP contribution in [0.25, 0.3) is 0 Å². The van der Waals surface area contributed by atoms with Crippen LogP contribution in [0.3, 0.4) is 0 Å². The zero-order valence-electron chi connectivity index (χ0n) is 14.1. The van der Waals surface area contributed by atoms with Crippen molar-refractivity contribution in [2.24, 2.45) is 0 Å². The number of benzene rings is 2. The summed E-state index contributed by atoms with van der Waals surface area (Å²) < 4.78 is 10.5. The third kappa shape index (κ3) is 4.29. The predicted octanol–water partition coefficient (Wildman–Crippen LogP) is 3.50. The van der Waals surface area contributed by atoms with Gasteiger partial charge in [-0.2, -0.15) is 0 Å². The molecular weight excluding hydrogens is 377 g/mol. The minimum absolute atomic E-state index is 0.158. The summed E-state index contributed by atoms with van der Waals surface area (Å²) in [6, 6.07) is 12.3. The highest BCUT2D eigenvalue weighted by Crippen LogP contribution is 2.32. The fourth-order valence-corrected chi connectivity index (χ4v) is 3.12. The Morgan fingerprint density at radius 1 is 1.15 bits per heavy atom. The van der Waals surface area contributed by atoms with E-state index in [1.807, 2.05) is 12.1 Å². The Kier molecular flexibility index (Phi) is 5.69. The first-order chi connectivity index (χ1) is 12.5. The van der Waals surface area contributed by atoms with Crippen LogP contribution in [0.1, 0.15) is 11.1 Å². The van der Waals surface area contributed by atoms with Gasteiger partial charge in [0.25, 0.3) is 5.91 Å². The zero-order chi connectivity index (χ0) is 18.7. The van der Waals surface area contributed by atoms with Gasteiger partial charge in [-0.05, 0) is 41.5 Å². The van der Waals surface area contributed by atoms with Crippen molar-refractivity contribution < 1.29 is 19.1 Å². The first-order valence-corrected chi connectivity index (χ1v) is 8.77. The first-order valence-electron chi connectivity index (χ1n) is 8.01. The van der Waals surface area contributed by atoms with E-state index >= 15 is 0 Å². The molecule has 1 unspecified atom stereocenters. The molecule has 0 spiro atoms. The number of esters is 1. The van der Waals surface area contributed by atoms with Crippen molar-refractivity contribution in [3.05, 3.63) is 63.6 Å². The number of hydrogen-bond acceptors (Lipinski definition) is 4. The van der Waals surface area contributed by atoms with Crippen LogP contribution >= 0.6 is 23.2 Å². The number of amides is 1. The van der Waals surface area contributed by atoms with Gasteiger partial charge in [0.05, 0.1) is 7.11 Å². The van der Waals surface area contributed by atoms with Gasteiger partial charge >= 0.3 is 5.97 Å². The number of carbonyl (C=O) groups excluding carboxylic acids is 2. The Hall–Kier alpha value is -2.24. The highest BCUT2D eigenvalue weighted by Gasteiger charge is 2.33. The van der Waals surface area contributed by atoms with Crippen LogP contribution in [0.4, 0.5) is 0 Å². The van der Waals surface area contributed by atoms with Crippen LogP contribution in [-0.4, -0.2) is 36.5 Å². The topological polar surface area (TPSA) is 55.8 Å². The number of nitrogens with zero attached hydrogens (tertiary/aromatic N) is 1. The molecule has 0 bridgehead atoms. The Morgan fingerprint density at radius 3 is 2.54 bits per heavy atom. The van der Waals surface area contributed by atoms with Gasteiger partial charge in [0.1, 0.15) is 12.3 Å². The number of halogens is 2. The summed E-state index contributed by atoms with van der Waals surface area (Å²) in [5.74, 6) is -0.138. The van der Waals surface area contributed by atoms with Gasteiger partial charge in [-0.25, -0.2) is 0 Å². The number of methoxy groups -OCH3 is 1. The highest BCUT2D eigenvalue weighted by molar-refractivity contribution is 6.30. The van der Waals surface area contributed by atoms with Gasteiger partial charge in [-0.15, -0.1) is 0 Å². The van der Waals surface area contributed by atoms with Crippen LogP contribution in [0, 0.1) is 0 Å². The molecule has 0 aromatic heterocycles. The maximum absolute atomic E-state index is 13.0. The first kappa shape index (κ1) is 18.5. The van der Waals surface area contributed by atoms with Crippen LogP contribution in [0.2, 0.25) is 10.0 Å². The predicted molar refractivity (Wildman–Crippen MR) is 98.5 cm³/mol. The second-order valence-electron chi connectivity index (χ2n) is 5.96. The molecule has 7 heteroatoms. The number of carbonyl (C=O) groups is 2. The Balaban J connectivity index is 1.76. The van der Waals surface area contributed by atoms with E-state index in [4.69, 9.17) is 32.7 Å². The maximum Gasteiger partial charge on any atom is 0.325 e. The van der Waals surface area contributed by atoms with Crippen molar-refractivity contribution in [3.8, 4) is 5.75 Å². The number of rotatable bonds is 5. The average Bonchev–Trinajstić information content (AvgIpc) is 3.05. The fourth-order valence-electron chi connectivity index (χ4n) is 2.80. The quantitative estimate of drug-likeness (QED) is 0.729. The maximum atomic E-state index is 13.0. The second kappa shape index (κ2) is 7.98. The van der Waals surface area contributed by atoms with Crippen LogP contribution in [-0.2, 0) is 27.3 Å². The average molecular weight is 394 g/mol. The Labute approximate surface area is 161 Å². The SMILES string of the molecule is COC(=O)CN(Cc1ccc(Cl)cc1)C(=O)C1Cc2cc(Cl)ccc2O1. The zero-order valence-corrected chi connectivity index (χ0v) is 15.6. The molecule has 136 valence electrons. The van der Waals surface area contributed by atoms with Crippen molar-refractivity contribution in [3.63, 3.8) is 0 Å². The van der Waals surface area contributed by atoms with Gasteiger partial charge in [0.2, 0.25) is 0 Å². The number of fused-ring (bicyclic) bond motifs is 1. The molecule has 1 aliphatic rings. The summed E-state index contributed by atoms with van der Waals surface area (Å²) in [6.07, 6.45) is -0.284. The van der Waals surface area contributed by atoms with E-state index in [0.717, 1.165) is 11.1 Å². The van der Waals surface area contributed by atoms with E-state index in [-0.39, 0.29) is 19.0 Å². The summed E-state index contributed by atoms with van der Waals surface area (Å²) in [7, 11) is 1.29. The summed E-state index contributed by atoms with van der Waals surface area (Å²) in [6.45, 7) is 0.0942. The monoisotopic (exact) mass is 393 g/mol. The third-order valence-electron chi connectivity index (χ3n) is 4.12. The standard InChI is InChI=1S/C19H17Cl2NO4/c1-25-18(23)11-22(10-12-2-4-14(20)5-3-12)19(24)17-9-13-8-15(21)6-7-16(13)26-17/h2-8,17H,9-11H2,1H3. The van der Waals surface area contributed by atoms with E-state index in [1.54, 1.807) is 30.3 Å². The largest absolute Gasteiger partial charge is 0.480 e. The lowest BCUT2D eigenvalue weighted by atomic mass is 10.1. The van der Waals surface area contributed by atoms with Crippen molar-refractivity contribution in [1.82, 2.24) is 4.90 Å². The lowest BCUT2D eigenvalue weighted by molar-refractivity contribution is -0.150. The molecule has 2 aromatic carbocycles. The van der Waals surface area contributed by atoms with Crippen molar-refractivity contribution in [2.45, 2.75) is 19.1 Å². The second-order valence-corrected chi connectivity index (χ2v) is 6.83. The van der Waals surface area contributed by atoms with Gasteiger partial charge in [-0.3, -0.25) is 9.59 Å². The summed E-state index contributed by atoms with van der Waals surface area (Å²) in [5.41, 5.74) is 1.73. The molecule has 0 fully saturated rings. The van der Waals surface area contributed by atoms with E-state index in [2.05, 4.69) is 0 Å². The molecular formula is C19H17Cl2NO4. The molecule has 1 amide bonds. The lowest BCUT2D eigenvalue weighted by Crippen LogP contribution is -2.43. The molecule has 5 nitrogen and oxygen atoms in total. The van der Waals surface area contributed by atoms with Gasteiger partial charge in [0, 0.05) is 23.0 Å². The van der Waals surface area contributed by atoms with E-state index in [0.29, 0.717) is 22.2 Å². The molecule has 0 radical (unpaired) electrons. The van der Waals surface area contributed by atoms with Crippen molar-refractivity contribution in [2.75, 3.05) is 13.7 Å². The molecule has 26 heavy (non-hydrogen) atoms. The van der Waals surface area contributed by atoms with Crippen LogP contribution < -0.4 is 4.74 Å². The van der Waals surface area contributed by atoms with Gasteiger partial charge in [0.15, 0.2) is 6.10 Å². The fraction of sp³-hybridized carbons (Fsp3) is 0.263. The molecule has 0 aliphatic carbocycles. The molecule has 1 aliphatic heterocycles. The van der Waals surface area contributed by atoms with Crippen LogP contribution in [0.15, 0.2) is 42.5 Å². The van der Waals surface area contributed by atoms with Gasteiger partial charge < -0.3 is 14.4 Å². The molecule has 0 saturated carbocycles. The molecule has 0 N–H and O–H groups in total. The number of hydrogen-bond donors (Lipinski definition) is 0. The normalized spacial score (nSPS) is 15.1. The Morgan fingerprint density at radius 2 is 1.85 bits per heavy atom. The smallest absolute Gasteiger partial charge is 0.325 e. The molecule has 3 rings (SSSR count). The van der Waals surface area contributed by atoms with E-state index < -0.39 is 12.1 Å². The lowest BCUT2D eigenvalue weighted by Gasteiger charge is -2.24. The summed E-state index contributed by atoms with van der Waals surface area (Å²) in [5, 5.41) is 1.19. The number of ether oxygens (including phenoxy) is 2. The minimum Gasteiger partial charge on any atom is -0.480 e. The van der Waals surface area contributed by atoms with E-state index in [1.165, 1.54) is 12.0 Å². The summed E-state index contributed by atoms with van der Waals surface area (Å²) >= 11 is 11.9. The van der Waals surface area contributed by atoms with Crippen molar-refractivity contribution >= 4 is 35.1 Å². The molecule has 0 saturated heterocycles. The summed E-state index contributed by atoms with van der Waals surface area (Å²) in [4.78, 5) is 26.1.